The lowest BCUT2D eigenvalue weighted by molar-refractivity contribution is -0.119. The lowest BCUT2D eigenvalue weighted by Crippen LogP contribution is -2.28. The molecular formula is C14H22N2O4S. The van der Waals surface area contributed by atoms with E-state index in [0.29, 0.717) is 18.0 Å². The third-order valence-electron chi connectivity index (χ3n) is 2.78. The van der Waals surface area contributed by atoms with Crippen molar-refractivity contribution in [2.45, 2.75) is 6.92 Å². The van der Waals surface area contributed by atoms with E-state index in [1.54, 1.807) is 31.3 Å². The molecule has 0 aromatic heterocycles. The normalized spacial score (nSPS) is 12.7. The summed E-state index contributed by atoms with van der Waals surface area (Å²) in [6.45, 7) is 2.51. The molecule has 1 unspecified atom stereocenters. The average molecular weight is 314 g/mol. The van der Waals surface area contributed by atoms with E-state index in [9.17, 15) is 13.2 Å². The first-order valence-electron chi connectivity index (χ1n) is 6.68. The van der Waals surface area contributed by atoms with Crippen molar-refractivity contribution in [3.05, 3.63) is 24.3 Å². The standard InChI is InChI=1S/C14H22N2O4S/c1-11(10-15-2)14(17)16-12-5-4-6-13(9-12)20-7-8-21(3,18)19/h4-6,9,11,15H,7-8,10H2,1-3H3,(H,16,17). The van der Waals surface area contributed by atoms with Gasteiger partial charge in [0.15, 0.2) is 9.84 Å². The fourth-order valence-electron chi connectivity index (χ4n) is 1.64. The summed E-state index contributed by atoms with van der Waals surface area (Å²) in [6, 6.07) is 6.89. The summed E-state index contributed by atoms with van der Waals surface area (Å²) < 4.78 is 27.4. The molecular weight excluding hydrogens is 292 g/mol. The molecule has 0 heterocycles. The first kappa shape index (κ1) is 17.5. The molecule has 0 aliphatic heterocycles. The van der Waals surface area contributed by atoms with Gasteiger partial charge in [0, 0.05) is 30.5 Å². The Balaban J connectivity index is 2.58. The molecule has 1 amide bonds. The first-order valence-corrected chi connectivity index (χ1v) is 8.74. The minimum atomic E-state index is -3.04. The molecule has 1 rings (SSSR count). The maximum absolute atomic E-state index is 11.9. The molecule has 0 spiro atoms. The van der Waals surface area contributed by atoms with Crippen molar-refractivity contribution in [3.8, 4) is 5.75 Å². The van der Waals surface area contributed by atoms with Crippen LogP contribution in [0.2, 0.25) is 0 Å². The summed E-state index contributed by atoms with van der Waals surface area (Å²) in [4.78, 5) is 11.9. The molecule has 1 aromatic carbocycles. The Morgan fingerprint density at radius 3 is 2.71 bits per heavy atom. The number of benzene rings is 1. The highest BCUT2D eigenvalue weighted by atomic mass is 32.2. The second kappa shape index (κ2) is 7.99. The smallest absolute Gasteiger partial charge is 0.228 e. The summed E-state index contributed by atoms with van der Waals surface area (Å²) in [5.74, 6) is 0.253. The zero-order valence-corrected chi connectivity index (χ0v) is 13.4. The molecule has 7 heteroatoms. The SMILES string of the molecule is CNCC(C)C(=O)Nc1cccc(OCCS(C)(=O)=O)c1. The van der Waals surface area contributed by atoms with Gasteiger partial charge < -0.3 is 15.4 Å². The molecule has 0 saturated carbocycles. The molecule has 6 nitrogen and oxygen atoms in total. The van der Waals surface area contributed by atoms with E-state index in [0.717, 1.165) is 6.26 Å². The Labute approximate surface area is 125 Å². The minimum Gasteiger partial charge on any atom is -0.492 e. The number of anilines is 1. The first-order chi connectivity index (χ1) is 9.81. The van der Waals surface area contributed by atoms with Gasteiger partial charge in [-0.15, -0.1) is 0 Å². The van der Waals surface area contributed by atoms with Crippen LogP contribution < -0.4 is 15.4 Å². The number of rotatable bonds is 8. The van der Waals surface area contributed by atoms with Crippen LogP contribution in [0.5, 0.6) is 5.75 Å². The third-order valence-corrected chi connectivity index (χ3v) is 3.69. The molecule has 2 N–H and O–H groups in total. The van der Waals surface area contributed by atoms with Gasteiger partial charge in [-0.3, -0.25) is 4.79 Å². The van der Waals surface area contributed by atoms with E-state index in [1.165, 1.54) is 0 Å². The van der Waals surface area contributed by atoms with Gasteiger partial charge in [-0.1, -0.05) is 13.0 Å². The number of amides is 1. The Morgan fingerprint density at radius 2 is 2.10 bits per heavy atom. The van der Waals surface area contributed by atoms with Crippen molar-refractivity contribution >= 4 is 21.4 Å². The van der Waals surface area contributed by atoms with Gasteiger partial charge in [0.2, 0.25) is 5.91 Å². The highest BCUT2D eigenvalue weighted by molar-refractivity contribution is 7.90. The van der Waals surface area contributed by atoms with Gasteiger partial charge in [-0.05, 0) is 19.2 Å². The maximum atomic E-state index is 11.9. The summed E-state index contributed by atoms with van der Waals surface area (Å²) in [6.07, 6.45) is 1.16. The van der Waals surface area contributed by atoms with Crippen LogP contribution in [0, 0.1) is 5.92 Å². The zero-order chi connectivity index (χ0) is 15.9. The van der Waals surface area contributed by atoms with E-state index in [-0.39, 0.29) is 24.2 Å². The van der Waals surface area contributed by atoms with Gasteiger partial charge in [0.25, 0.3) is 0 Å². The summed E-state index contributed by atoms with van der Waals surface area (Å²) >= 11 is 0. The molecule has 118 valence electrons. The van der Waals surface area contributed by atoms with Crippen LogP contribution in [-0.4, -0.2) is 46.5 Å². The van der Waals surface area contributed by atoms with Gasteiger partial charge in [-0.2, -0.15) is 0 Å². The van der Waals surface area contributed by atoms with Crippen LogP contribution >= 0.6 is 0 Å². The van der Waals surface area contributed by atoms with E-state index in [4.69, 9.17) is 4.74 Å². The lowest BCUT2D eigenvalue weighted by atomic mass is 10.1. The van der Waals surface area contributed by atoms with Crippen molar-refractivity contribution < 1.29 is 17.9 Å². The lowest BCUT2D eigenvalue weighted by Gasteiger charge is -2.12. The van der Waals surface area contributed by atoms with Crippen molar-refractivity contribution in [2.24, 2.45) is 5.92 Å². The van der Waals surface area contributed by atoms with Crippen LogP contribution in [-0.2, 0) is 14.6 Å². The fourth-order valence-corrected chi connectivity index (χ4v) is 2.02. The van der Waals surface area contributed by atoms with E-state index >= 15 is 0 Å². The second-order valence-corrected chi connectivity index (χ2v) is 7.21. The van der Waals surface area contributed by atoms with Gasteiger partial charge in [0.05, 0.1) is 5.75 Å². The molecule has 0 aliphatic carbocycles. The van der Waals surface area contributed by atoms with Gasteiger partial charge in [-0.25, -0.2) is 8.42 Å². The number of sulfone groups is 1. The van der Waals surface area contributed by atoms with E-state index in [1.807, 2.05) is 6.92 Å². The third kappa shape index (κ3) is 7.10. The molecule has 0 aliphatic rings. The quantitative estimate of drug-likeness (QED) is 0.745. The molecule has 0 fully saturated rings. The highest BCUT2D eigenvalue weighted by Crippen LogP contribution is 2.18. The number of nitrogens with one attached hydrogen (secondary N) is 2. The van der Waals surface area contributed by atoms with Gasteiger partial charge >= 0.3 is 0 Å². The summed E-state index contributed by atoms with van der Waals surface area (Å²) in [5, 5.41) is 5.74. The van der Waals surface area contributed by atoms with Gasteiger partial charge in [0.1, 0.15) is 12.4 Å². The predicted molar refractivity (Wildman–Crippen MR) is 83.4 cm³/mol. The Morgan fingerprint density at radius 1 is 1.38 bits per heavy atom. The Kier molecular flexibility index (Phi) is 6.64. The van der Waals surface area contributed by atoms with Crippen LogP contribution in [0.4, 0.5) is 5.69 Å². The number of carbonyl (C=O) groups excluding carboxylic acids is 1. The summed E-state index contributed by atoms with van der Waals surface area (Å²) in [5.41, 5.74) is 0.625. The van der Waals surface area contributed by atoms with Crippen LogP contribution in [0.3, 0.4) is 0 Å². The van der Waals surface area contributed by atoms with Crippen molar-refractivity contribution in [1.29, 1.82) is 0 Å². The molecule has 0 saturated heterocycles. The topological polar surface area (TPSA) is 84.5 Å². The Hall–Kier alpha value is -1.60. The monoisotopic (exact) mass is 314 g/mol. The van der Waals surface area contributed by atoms with Crippen LogP contribution in [0.15, 0.2) is 24.3 Å². The number of carbonyl (C=O) groups is 1. The number of hydrogen-bond acceptors (Lipinski definition) is 5. The largest absolute Gasteiger partial charge is 0.492 e. The molecule has 0 bridgehead atoms. The molecule has 1 aromatic rings. The Bertz CT molecular complexity index is 572. The van der Waals surface area contributed by atoms with E-state index < -0.39 is 9.84 Å². The molecule has 1 atom stereocenters. The predicted octanol–water partition coefficient (Wildman–Crippen LogP) is 0.904. The zero-order valence-electron chi connectivity index (χ0n) is 12.5. The van der Waals surface area contributed by atoms with E-state index in [2.05, 4.69) is 10.6 Å². The second-order valence-electron chi connectivity index (χ2n) is 4.95. The highest BCUT2D eigenvalue weighted by Gasteiger charge is 2.12. The van der Waals surface area contributed by atoms with Crippen molar-refractivity contribution in [3.63, 3.8) is 0 Å². The van der Waals surface area contributed by atoms with Crippen molar-refractivity contribution in [1.82, 2.24) is 5.32 Å². The number of ether oxygens (including phenoxy) is 1. The average Bonchev–Trinajstić information content (AvgIpc) is 2.38. The molecule has 21 heavy (non-hydrogen) atoms. The van der Waals surface area contributed by atoms with Crippen molar-refractivity contribution in [2.75, 3.05) is 37.5 Å². The fraction of sp³-hybridized carbons (Fsp3) is 0.500. The maximum Gasteiger partial charge on any atom is 0.228 e. The van der Waals surface area contributed by atoms with Crippen LogP contribution in [0.25, 0.3) is 0 Å². The molecule has 0 radical (unpaired) electrons. The summed E-state index contributed by atoms with van der Waals surface area (Å²) in [7, 11) is -1.25. The number of hydrogen-bond donors (Lipinski definition) is 2. The van der Waals surface area contributed by atoms with Crippen LogP contribution in [0.1, 0.15) is 6.92 Å². The minimum absolute atomic E-state index is 0.0389.